The van der Waals surface area contributed by atoms with Crippen molar-refractivity contribution in [1.82, 2.24) is 9.80 Å². The minimum atomic E-state index is 0.296. The SMILES string of the molecule is CCCN(CCC)C(=O)CN1CCc2ccccc2CC1. The van der Waals surface area contributed by atoms with E-state index in [0.29, 0.717) is 12.5 Å². The second-order valence-electron chi connectivity index (χ2n) is 5.93. The Bertz CT molecular complexity index is 425. The molecule has 0 unspecified atom stereocenters. The molecule has 1 aromatic rings. The molecule has 0 spiro atoms. The summed E-state index contributed by atoms with van der Waals surface area (Å²) < 4.78 is 0. The van der Waals surface area contributed by atoms with E-state index < -0.39 is 0 Å². The molecule has 0 radical (unpaired) electrons. The predicted molar refractivity (Wildman–Crippen MR) is 87.5 cm³/mol. The van der Waals surface area contributed by atoms with Gasteiger partial charge in [-0.1, -0.05) is 38.1 Å². The van der Waals surface area contributed by atoms with Crippen molar-refractivity contribution in [2.75, 3.05) is 32.7 Å². The number of amides is 1. The van der Waals surface area contributed by atoms with E-state index in [4.69, 9.17) is 0 Å². The minimum absolute atomic E-state index is 0.296. The van der Waals surface area contributed by atoms with Gasteiger partial charge in [-0.05, 0) is 36.8 Å². The fraction of sp³-hybridized carbons (Fsp3) is 0.611. The summed E-state index contributed by atoms with van der Waals surface area (Å²) in [5, 5.41) is 0. The fourth-order valence-electron chi connectivity index (χ4n) is 3.06. The van der Waals surface area contributed by atoms with Gasteiger partial charge in [0.1, 0.15) is 0 Å². The lowest BCUT2D eigenvalue weighted by molar-refractivity contribution is -0.132. The van der Waals surface area contributed by atoms with Gasteiger partial charge in [-0.2, -0.15) is 0 Å². The molecule has 0 aromatic heterocycles. The summed E-state index contributed by atoms with van der Waals surface area (Å²) in [5.74, 6) is 0.296. The number of benzene rings is 1. The van der Waals surface area contributed by atoms with Gasteiger partial charge < -0.3 is 4.90 Å². The molecule has 0 aliphatic carbocycles. The van der Waals surface area contributed by atoms with Gasteiger partial charge >= 0.3 is 0 Å². The number of rotatable bonds is 6. The molecule has 2 rings (SSSR count). The summed E-state index contributed by atoms with van der Waals surface area (Å²) in [6, 6.07) is 8.68. The van der Waals surface area contributed by atoms with Crippen molar-refractivity contribution in [3.05, 3.63) is 35.4 Å². The lowest BCUT2D eigenvalue weighted by Gasteiger charge is -2.26. The largest absolute Gasteiger partial charge is 0.342 e. The van der Waals surface area contributed by atoms with Gasteiger partial charge in [0.05, 0.1) is 6.54 Å². The highest BCUT2D eigenvalue weighted by Crippen LogP contribution is 2.15. The minimum Gasteiger partial charge on any atom is -0.342 e. The Hall–Kier alpha value is -1.35. The van der Waals surface area contributed by atoms with Crippen LogP contribution in [0.2, 0.25) is 0 Å². The first kappa shape index (κ1) is 16.0. The molecule has 1 aliphatic heterocycles. The molecule has 116 valence electrons. The van der Waals surface area contributed by atoms with E-state index >= 15 is 0 Å². The van der Waals surface area contributed by atoms with E-state index in [1.807, 2.05) is 4.90 Å². The van der Waals surface area contributed by atoms with Gasteiger partial charge in [-0.15, -0.1) is 0 Å². The Morgan fingerprint density at radius 1 is 1.05 bits per heavy atom. The molecular formula is C18H28N2O. The molecule has 3 heteroatoms. The standard InChI is InChI=1S/C18H28N2O/c1-3-11-20(12-4-2)18(21)15-19-13-9-16-7-5-6-8-17(16)10-14-19/h5-8H,3-4,9-15H2,1-2H3. The van der Waals surface area contributed by atoms with Crippen molar-refractivity contribution in [2.24, 2.45) is 0 Å². The van der Waals surface area contributed by atoms with Crippen LogP contribution in [-0.2, 0) is 17.6 Å². The molecule has 0 saturated carbocycles. The smallest absolute Gasteiger partial charge is 0.236 e. The molecule has 1 amide bonds. The van der Waals surface area contributed by atoms with Gasteiger partial charge in [0.15, 0.2) is 0 Å². The number of hydrogen-bond acceptors (Lipinski definition) is 2. The molecule has 0 N–H and O–H groups in total. The van der Waals surface area contributed by atoms with Crippen LogP contribution in [0, 0.1) is 0 Å². The molecule has 0 fully saturated rings. The Kier molecular flexibility index (Phi) is 6.24. The van der Waals surface area contributed by atoms with Crippen molar-refractivity contribution in [3.8, 4) is 0 Å². The van der Waals surface area contributed by atoms with Crippen LogP contribution in [0.1, 0.15) is 37.8 Å². The van der Waals surface area contributed by atoms with E-state index in [1.54, 1.807) is 0 Å². The molecule has 1 aromatic carbocycles. The molecular weight excluding hydrogens is 260 g/mol. The molecule has 21 heavy (non-hydrogen) atoms. The normalized spacial score (nSPS) is 15.3. The highest BCUT2D eigenvalue weighted by atomic mass is 16.2. The van der Waals surface area contributed by atoms with Gasteiger partial charge in [-0.25, -0.2) is 0 Å². The lowest BCUT2D eigenvalue weighted by Crippen LogP contribution is -2.42. The zero-order valence-corrected chi connectivity index (χ0v) is 13.5. The van der Waals surface area contributed by atoms with Crippen LogP contribution in [0.25, 0.3) is 0 Å². The van der Waals surface area contributed by atoms with Gasteiger partial charge in [0.25, 0.3) is 0 Å². The molecule has 3 nitrogen and oxygen atoms in total. The maximum absolute atomic E-state index is 12.5. The van der Waals surface area contributed by atoms with Crippen LogP contribution in [0.5, 0.6) is 0 Å². The van der Waals surface area contributed by atoms with Gasteiger partial charge in [0.2, 0.25) is 5.91 Å². The molecule has 0 atom stereocenters. The summed E-state index contributed by atoms with van der Waals surface area (Å²) >= 11 is 0. The molecule has 0 saturated heterocycles. The fourth-order valence-corrected chi connectivity index (χ4v) is 3.06. The van der Waals surface area contributed by atoms with Gasteiger partial charge in [0, 0.05) is 26.2 Å². The summed E-state index contributed by atoms with van der Waals surface area (Å²) in [5.41, 5.74) is 2.90. The first-order valence-corrected chi connectivity index (χ1v) is 8.31. The van der Waals surface area contributed by atoms with Crippen molar-refractivity contribution in [1.29, 1.82) is 0 Å². The van der Waals surface area contributed by atoms with Crippen LogP contribution in [0.15, 0.2) is 24.3 Å². The first-order valence-electron chi connectivity index (χ1n) is 8.31. The van der Waals surface area contributed by atoms with Crippen LogP contribution >= 0.6 is 0 Å². The van der Waals surface area contributed by atoms with Crippen molar-refractivity contribution < 1.29 is 4.79 Å². The van der Waals surface area contributed by atoms with Crippen LogP contribution in [0.4, 0.5) is 0 Å². The van der Waals surface area contributed by atoms with Gasteiger partial charge in [-0.3, -0.25) is 9.69 Å². The number of hydrogen-bond donors (Lipinski definition) is 0. The highest BCUT2D eigenvalue weighted by molar-refractivity contribution is 5.78. The van der Waals surface area contributed by atoms with E-state index in [-0.39, 0.29) is 0 Å². The second-order valence-corrected chi connectivity index (χ2v) is 5.93. The number of carbonyl (C=O) groups is 1. The Balaban J connectivity index is 1.90. The first-order chi connectivity index (χ1) is 10.2. The zero-order chi connectivity index (χ0) is 15.1. The Labute approximate surface area is 128 Å². The van der Waals surface area contributed by atoms with E-state index in [9.17, 15) is 4.79 Å². The lowest BCUT2D eigenvalue weighted by atomic mass is 10.0. The Morgan fingerprint density at radius 2 is 1.57 bits per heavy atom. The van der Waals surface area contributed by atoms with Crippen LogP contribution < -0.4 is 0 Å². The molecule has 0 bridgehead atoms. The second kappa shape index (κ2) is 8.18. The predicted octanol–water partition coefficient (Wildman–Crippen LogP) is 2.74. The van der Waals surface area contributed by atoms with E-state index in [0.717, 1.165) is 51.9 Å². The summed E-state index contributed by atoms with van der Waals surface area (Å²) in [6.07, 6.45) is 4.20. The summed E-state index contributed by atoms with van der Waals surface area (Å²) in [6.45, 7) is 8.62. The maximum atomic E-state index is 12.5. The van der Waals surface area contributed by atoms with Crippen molar-refractivity contribution in [3.63, 3.8) is 0 Å². The zero-order valence-electron chi connectivity index (χ0n) is 13.5. The molecule has 1 heterocycles. The number of fused-ring (bicyclic) bond motifs is 1. The third-order valence-electron chi connectivity index (χ3n) is 4.21. The van der Waals surface area contributed by atoms with Crippen molar-refractivity contribution >= 4 is 5.91 Å². The highest BCUT2D eigenvalue weighted by Gasteiger charge is 2.19. The van der Waals surface area contributed by atoms with Crippen LogP contribution in [-0.4, -0.2) is 48.4 Å². The average molecular weight is 288 g/mol. The van der Waals surface area contributed by atoms with E-state index in [1.165, 1.54) is 11.1 Å². The average Bonchev–Trinajstić information content (AvgIpc) is 2.70. The number of carbonyl (C=O) groups excluding carboxylic acids is 1. The van der Waals surface area contributed by atoms with Crippen molar-refractivity contribution in [2.45, 2.75) is 39.5 Å². The monoisotopic (exact) mass is 288 g/mol. The topological polar surface area (TPSA) is 23.6 Å². The maximum Gasteiger partial charge on any atom is 0.236 e. The third kappa shape index (κ3) is 4.57. The quantitative estimate of drug-likeness (QED) is 0.803. The Morgan fingerprint density at radius 3 is 2.05 bits per heavy atom. The third-order valence-corrected chi connectivity index (χ3v) is 4.21. The summed E-state index contributed by atoms with van der Waals surface area (Å²) in [4.78, 5) is 16.8. The van der Waals surface area contributed by atoms with Crippen LogP contribution in [0.3, 0.4) is 0 Å². The molecule has 1 aliphatic rings. The van der Waals surface area contributed by atoms with E-state index in [2.05, 4.69) is 43.0 Å². The number of nitrogens with zero attached hydrogens (tertiary/aromatic N) is 2. The summed E-state index contributed by atoms with van der Waals surface area (Å²) in [7, 11) is 0.